The first-order chi connectivity index (χ1) is 36.3. The van der Waals surface area contributed by atoms with Gasteiger partial charge in [-0.3, -0.25) is 24.4 Å². The SMILES string of the molecule is Cc1ncsc1-c1ccc([C@H](C)NC(=O)[C@@H]2C[C@@H](O)CN2C(=O)[C@@H](c2cc(OCCN3CCN(CCOc4cc(N5C6CCC5CN(c5cc(-c7ccccc7O)nnc5N)C6)ccn4)C[C@@H]3C)no2)C(C)C)cn1. The van der Waals surface area contributed by atoms with E-state index in [0.717, 1.165) is 85.3 Å². The lowest BCUT2D eigenvalue weighted by Crippen LogP contribution is -2.54. The van der Waals surface area contributed by atoms with Crippen LogP contribution in [-0.2, 0) is 9.59 Å². The number of pyridine rings is 2. The zero-order valence-electron chi connectivity index (χ0n) is 43.2. The predicted octanol–water partition coefficient (Wildman–Crippen LogP) is 5.54. The molecule has 0 aliphatic carbocycles. The van der Waals surface area contributed by atoms with Crippen LogP contribution in [0.5, 0.6) is 17.5 Å². The number of piperazine rings is 2. The molecule has 0 spiro atoms. The smallest absolute Gasteiger partial charge is 0.254 e. The van der Waals surface area contributed by atoms with Gasteiger partial charge < -0.3 is 50.0 Å². The number of hydrogen-bond donors (Lipinski definition) is 4. The lowest BCUT2D eigenvalue weighted by Gasteiger charge is -2.43. The standard InChI is InChI=1S/C54H67N13O7S/c1-32(2)50(54(71)66-30-40(68)23-45(66)53(70)59-34(4)36-10-13-42(57-26-36)51-35(5)58-31-75-51)47-25-49(62-74-47)73-21-19-64-17-16-63(27-33(64)3)18-20-72-48-22-37(14-15-56-48)67-38-11-12-39(67)29-65(28-38)44-24-43(60-61-52(44)55)41-8-6-7-9-46(41)69/h6-10,13-15,22,24-26,31-34,38-40,45,50,68-69H,11-12,16-21,23,27-30H2,1-5H3,(H2,55,61)(H,59,70)/t33-,34-,38?,39?,40+,45-,50+/m0/s1. The van der Waals surface area contributed by atoms with Gasteiger partial charge in [0.25, 0.3) is 5.88 Å². The third-order valence-corrected chi connectivity index (χ3v) is 16.1. The third-order valence-electron chi connectivity index (χ3n) is 15.2. The Hall–Kier alpha value is -6.94. The van der Waals surface area contributed by atoms with Crippen molar-refractivity contribution >= 4 is 40.3 Å². The summed E-state index contributed by atoms with van der Waals surface area (Å²) < 4.78 is 18.1. The van der Waals surface area contributed by atoms with Crippen LogP contribution in [0.15, 0.2) is 83.1 Å². The molecule has 10 rings (SSSR count). The fourth-order valence-corrected chi connectivity index (χ4v) is 12.0. The lowest BCUT2D eigenvalue weighted by atomic mass is 9.91. The van der Waals surface area contributed by atoms with E-state index in [0.29, 0.717) is 54.4 Å². The number of anilines is 3. The molecule has 396 valence electrons. The zero-order valence-corrected chi connectivity index (χ0v) is 44.0. The number of ether oxygens (including phenoxy) is 2. The van der Waals surface area contributed by atoms with Gasteiger partial charge in [0.05, 0.1) is 45.3 Å². The normalized spacial score (nSPS) is 21.9. The number of fused-ring (bicyclic) bond motifs is 2. The number of rotatable bonds is 18. The van der Waals surface area contributed by atoms with Gasteiger partial charge in [-0.15, -0.1) is 21.5 Å². The number of nitrogens with one attached hydrogen (secondary N) is 1. The number of benzene rings is 1. The van der Waals surface area contributed by atoms with Crippen molar-refractivity contribution in [1.82, 2.24) is 50.3 Å². The number of hydrogen-bond acceptors (Lipinski definition) is 19. The summed E-state index contributed by atoms with van der Waals surface area (Å²) in [7, 11) is 0. The minimum Gasteiger partial charge on any atom is -0.507 e. The maximum atomic E-state index is 14.3. The molecule has 2 bridgehead atoms. The Bertz CT molecular complexity index is 2920. The number of aliphatic hydroxyl groups is 1. The second kappa shape index (κ2) is 22.5. The number of para-hydroxylation sites is 1. The van der Waals surface area contributed by atoms with E-state index in [2.05, 4.69) is 74.3 Å². The first-order valence-corrected chi connectivity index (χ1v) is 26.9. The van der Waals surface area contributed by atoms with Crippen LogP contribution in [0.3, 0.4) is 0 Å². The summed E-state index contributed by atoms with van der Waals surface area (Å²) in [5.74, 6) is 0.207. The van der Waals surface area contributed by atoms with E-state index in [9.17, 15) is 19.8 Å². The first-order valence-electron chi connectivity index (χ1n) is 26.0. The van der Waals surface area contributed by atoms with Gasteiger partial charge in [-0.2, -0.15) is 0 Å². The summed E-state index contributed by atoms with van der Waals surface area (Å²) in [4.78, 5) is 53.6. The molecule has 1 aromatic carbocycles. The van der Waals surface area contributed by atoms with Gasteiger partial charge >= 0.3 is 0 Å². The molecule has 4 fully saturated rings. The number of nitrogens with zero attached hydrogens (tertiary/aromatic N) is 11. The van der Waals surface area contributed by atoms with Crippen LogP contribution in [0.1, 0.15) is 75.9 Å². The van der Waals surface area contributed by atoms with Gasteiger partial charge in [-0.1, -0.05) is 32.0 Å². The molecule has 4 saturated heterocycles. The average molecular weight is 1040 g/mol. The number of aliphatic hydroxyl groups excluding tert-OH is 1. The van der Waals surface area contributed by atoms with Crippen molar-refractivity contribution in [3.05, 3.63) is 95.6 Å². The number of aromatic nitrogens is 6. The van der Waals surface area contributed by atoms with Crippen LogP contribution in [-0.4, -0.2) is 163 Å². The molecule has 20 nitrogen and oxygen atoms in total. The average Bonchev–Trinajstić information content (AvgIpc) is 4.20. The Labute approximate surface area is 440 Å². The number of phenols is 1. The fraction of sp³-hybridized carbons (Fsp3) is 0.481. The summed E-state index contributed by atoms with van der Waals surface area (Å²) in [5.41, 5.74) is 13.9. The van der Waals surface area contributed by atoms with E-state index < -0.39 is 18.1 Å². The van der Waals surface area contributed by atoms with Gasteiger partial charge in [0.15, 0.2) is 11.6 Å². The van der Waals surface area contributed by atoms with E-state index in [4.69, 9.17) is 19.7 Å². The Balaban J connectivity index is 0.666. The molecule has 0 saturated carbocycles. The number of carbonyl (C=O) groups is 2. The Kier molecular flexibility index (Phi) is 15.5. The number of amides is 2. The van der Waals surface area contributed by atoms with Crippen molar-refractivity contribution in [2.24, 2.45) is 5.92 Å². The molecule has 75 heavy (non-hydrogen) atoms. The van der Waals surface area contributed by atoms with Crippen molar-refractivity contribution in [1.29, 1.82) is 0 Å². The number of nitrogen functional groups attached to an aromatic ring is 1. The van der Waals surface area contributed by atoms with Crippen molar-refractivity contribution in [2.45, 2.75) is 96.1 Å². The highest BCUT2D eigenvalue weighted by Crippen LogP contribution is 2.40. The minimum atomic E-state index is -0.853. The van der Waals surface area contributed by atoms with E-state index in [1.54, 1.807) is 29.9 Å². The molecule has 21 heteroatoms. The predicted molar refractivity (Wildman–Crippen MR) is 285 cm³/mol. The minimum absolute atomic E-state index is 0.0377. The highest BCUT2D eigenvalue weighted by atomic mass is 32.1. The molecular weight excluding hydrogens is 975 g/mol. The summed E-state index contributed by atoms with van der Waals surface area (Å²) in [6.07, 6.45) is 4.98. The molecule has 9 heterocycles. The highest BCUT2D eigenvalue weighted by molar-refractivity contribution is 7.13. The fourth-order valence-electron chi connectivity index (χ4n) is 11.2. The number of phenolic OH excluding ortho intramolecular Hbond substituents is 1. The lowest BCUT2D eigenvalue weighted by molar-refractivity contribution is -0.141. The van der Waals surface area contributed by atoms with Gasteiger partial charge in [-0.05, 0) is 80.6 Å². The number of thiazole rings is 1. The van der Waals surface area contributed by atoms with Crippen molar-refractivity contribution < 1.29 is 33.8 Å². The quantitative estimate of drug-likeness (QED) is 0.0827. The highest BCUT2D eigenvalue weighted by Gasteiger charge is 2.44. The third kappa shape index (κ3) is 11.4. The Morgan fingerprint density at radius 2 is 1.69 bits per heavy atom. The number of aryl methyl sites for hydroxylation is 1. The Morgan fingerprint density at radius 3 is 2.43 bits per heavy atom. The molecule has 0 radical (unpaired) electrons. The largest absolute Gasteiger partial charge is 0.507 e. The van der Waals surface area contributed by atoms with Gasteiger partial charge in [-0.25, -0.2) is 9.97 Å². The summed E-state index contributed by atoms with van der Waals surface area (Å²) in [5, 5.41) is 37.0. The monoisotopic (exact) mass is 1040 g/mol. The van der Waals surface area contributed by atoms with Gasteiger partial charge in [0.2, 0.25) is 17.7 Å². The number of likely N-dealkylation sites (tertiary alicyclic amines) is 1. The van der Waals surface area contributed by atoms with Crippen LogP contribution in [0, 0.1) is 12.8 Å². The summed E-state index contributed by atoms with van der Waals surface area (Å²) >= 11 is 1.53. The number of aromatic hydroxyl groups is 1. The molecular formula is C54H67N13O7S. The topological polar surface area (TPSA) is 238 Å². The van der Waals surface area contributed by atoms with E-state index in [-0.39, 0.29) is 60.6 Å². The number of β-amino-alcohol motifs (C(OH)–C–C–N with tert-alkyl or cyclic N) is 1. The molecule has 5 aromatic heterocycles. The first kappa shape index (κ1) is 51.5. The maximum Gasteiger partial charge on any atom is 0.254 e. The van der Waals surface area contributed by atoms with Crippen LogP contribution in [0.2, 0.25) is 0 Å². The molecule has 4 aliphatic heterocycles. The molecule has 6 aromatic rings. The zero-order chi connectivity index (χ0) is 52.3. The van der Waals surface area contributed by atoms with Crippen LogP contribution in [0.25, 0.3) is 21.8 Å². The van der Waals surface area contributed by atoms with Crippen LogP contribution >= 0.6 is 11.3 Å². The van der Waals surface area contributed by atoms with E-state index in [1.165, 1.54) is 16.2 Å². The van der Waals surface area contributed by atoms with E-state index in [1.807, 2.05) is 64.2 Å². The molecule has 4 aliphatic rings. The number of carbonyl (C=O) groups excluding carboxylic acids is 2. The van der Waals surface area contributed by atoms with Crippen LogP contribution in [0.4, 0.5) is 17.2 Å². The maximum absolute atomic E-state index is 14.3. The van der Waals surface area contributed by atoms with Crippen LogP contribution < -0.4 is 30.3 Å². The van der Waals surface area contributed by atoms with Crippen molar-refractivity contribution in [2.75, 3.05) is 81.1 Å². The summed E-state index contributed by atoms with van der Waals surface area (Å²) in [6, 6.07) is 18.3. The number of nitrogens with two attached hydrogens (primary N) is 1. The van der Waals surface area contributed by atoms with Crippen molar-refractivity contribution in [3.8, 4) is 39.3 Å². The van der Waals surface area contributed by atoms with Gasteiger partial charge in [0.1, 0.15) is 30.9 Å². The summed E-state index contributed by atoms with van der Waals surface area (Å²) in [6.45, 7) is 16.5. The van der Waals surface area contributed by atoms with E-state index >= 15 is 0 Å². The molecule has 7 atom stereocenters. The molecule has 5 N–H and O–H groups in total. The molecule has 2 amide bonds. The second-order valence-corrected chi connectivity index (χ2v) is 21.5. The Morgan fingerprint density at radius 1 is 0.907 bits per heavy atom. The van der Waals surface area contributed by atoms with Gasteiger partial charge in [0, 0.05) is 113 Å². The van der Waals surface area contributed by atoms with Crippen molar-refractivity contribution in [3.63, 3.8) is 0 Å². The second-order valence-electron chi connectivity index (χ2n) is 20.6. The molecule has 2 unspecified atom stereocenters.